The summed E-state index contributed by atoms with van der Waals surface area (Å²) in [6.07, 6.45) is -3.59. The van der Waals surface area contributed by atoms with E-state index in [2.05, 4.69) is 25.6 Å². The van der Waals surface area contributed by atoms with Gasteiger partial charge in [0, 0.05) is 61.9 Å². The monoisotopic (exact) mass is 572 g/mol. The number of piperidine rings is 1. The molecule has 39 heavy (non-hydrogen) atoms. The van der Waals surface area contributed by atoms with E-state index in [0.717, 1.165) is 12.4 Å². The predicted octanol–water partition coefficient (Wildman–Crippen LogP) is 4.69. The summed E-state index contributed by atoms with van der Waals surface area (Å²) in [5, 5.41) is 15.6. The van der Waals surface area contributed by atoms with Crippen molar-refractivity contribution >= 4 is 34.2 Å². The van der Waals surface area contributed by atoms with Gasteiger partial charge in [0.1, 0.15) is 5.82 Å². The van der Waals surface area contributed by atoms with Gasteiger partial charge < -0.3 is 15.7 Å². The van der Waals surface area contributed by atoms with E-state index in [1.54, 1.807) is 30.0 Å². The summed E-state index contributed by atoms with van der Waals surface area (Å²) in [5.74, 6) is -4.25. The molecule has 1 fully saturated rings. The Morgan fingerprint density at radius 1 is 1.15 bits per heavy atom. The molecular weight excluding hydrogens is 547 g/mol. The van der Waals surface area contributed by atoms with Gasteiger partial charge in [-0.15, -0.1) is 0 Å². The topological polar surface area (TPSA) is 103 Å². The number of nitrogens with zero attached hydrogens (tertiary/aromatic N) is 4. The minimum absolute atomic E-state index is 0.0322. The number of anilines is 1. The number of aliphatic hydroxyl groups is 1. The molecule has 0 radical (unpaired) electrons. The maximum absolute atomic E-state index is 13.8. The minimum atomic E-state index is -4.74. The number of benzene rings is 1. The van der Waals surface area contributed by atoms with Gasteiger partial charge in [-0.05, 0) is 31.2 Å². The first-order valence-corrected chi connectivity index (χ1v) is 12.5. The van der Waals surface area contributed by atoms with E-state index in [-0.39, 0.29) is 48.4 Å². The van der Waals surface area contributed by atoms with Crippen LogP contribution in [0.4, 0.5) is 27.8 Å². The molecule has 3 N–H and O–H groups in total. The molecule has 1 aliphatic rings. The van der Waals surface area contributed by atoms with Crippen LogP contribution in [0.5, 0.6) is 0 Å². The summed E-state index contributed by atoms with van der Waals surface area (Å²) >= 11 is 6.36. The van der Waals surface area contributed by atoms with Gasteiger partial charge >= 0.3 is 6.18 Å². The van der Waals surface area contributed by atoms with E-state index in [1.807, 2.05) is 0 Å². The van der Waals surface area contributed by atoms with Gasteiger partial charge in [-0.1, -0.05) is 11.6 Å². The lowest BCUT2D eigenvalue weighted by atomic mass is 10.0. The second kappa shape index (κ2) is 11.5. The van der Waals surface area contributed by atoms with Crippen LogP contribution >= 0.6 is 11.6 Å². The quantitative estimate of drug-likeness (QED) is 0.337. The Morgan fingerprint density at radius 3 is 2.44 bits per heavy atom. The van der Waals surface area contributed by atoms with Crippen LogP contribution in [0, 0.1) is 0 Å². The lowest BCUT2D eigenvalue weighted by molar-refractivity contribution is -0.145. The molecule has 0 aliphatic carbocycles. The Kier molecular flexibility index (Phi) is 8.52. The summed E-state index contributed by atoms with van der Waals surface area (Å²) in [6, 6.07) is 5.44. The van der Waals surface area contributed by atoms with Crippen LogP contribution in [0.25, 0.3) is 10.9 Å². The Morgan fingerprint density at radius 2 is 1.82 bits per heavy atom. The predicted molar refractivity (Wildman–Crippen MR) is 135 cm³/mol. The number of aromatic nitrogens is 3. The van der Waals surface area contributed by atoms with Crippen molar-refractivity contribution in [3.63, 3.8) is 0 Å². The zero-order valence-corrected chi connectivity index (χ0v) is 21.5. The number of rotatable bonds is 8. The molecule has 0 saturated carbocycles. The summed E-state index contributed by atoms with van der Waals surface area (Å²) < 4.78 is 66.5. The molecule has 3 aromatic rings. The minimum Gasteiger partial charge on any atom is -0.394 e. The van der Waals surface area contributed by atoms with Crippen molar-refractivity contribution in [1.82, 2.24) is 25.2 Å². The van der Waals surface area contributed by atoms with Gasteiger partial charge in [0.2, 0.25) is 5.82 Å². The van der Waals surface area contributed by atoms with Crippen molar-refractivity contribution in [3.8, 4) is 0 Å². The highest BCUT2D eigenvalue weighted by molar-refractivity contribution is 6.35. The number of carbonyl (C=O) groups excluding carboxylic acids is 1. The fraction of sp³-hybridized carbons (Fsp3) is 0.440. The van der Waals surface area contributed by atoms with Crippen molar-refractivity contribution in [2.45, 2.75) is 43.9 Å². The number of amides is 1. The van der Waals surface area contributed by atoms with Gasteiger partial charge in [-0.25, -0.2) is 23.7 Å². The number of alkyl halides is 5. The van der Waals surface area contributed by atoms with E-state index >= 15 is 0 Å². The number of halogens is 6. The molecule has 1 saturated heterocycles. The number of carbonyl (C=O) groups is 1. The molecule has 0 bridgehead atoms. The Labute approximate surface area is 225 Å². The maximum atomic E-state index is 13.8. The first-order valence-electron chi connectivity index (χ1n) is 12.1. The van der Waals surface area contributed by atoms with Crippen LogP contribution in [0.1, 0.15) is 47.6 Å². The molecule has 8 nitrogen and oxygen atoms in total. The number of nitrogens with one attached hydrogen (secondary N) is 2. The smallest absolute Gasteiger partial charge is 0.394 e. The SMILES string of the molecule is CC(CO)Nc1ccc2c(C(=O)NCC(c3cnc(C(F)(F)F)nc3)N3CCC(F)(F)CC3)c(Cl)ccc2n1. The molecule has 1 amide bonds. The zero-order valence-electron chi connectivity index (χ0n) is 20.8. The fourth-order valence-electron chi connectivity index (χ4n) is 4.34. The van der Waals surface area contributed by atoms with E-state index < -0.39 is 42.7 Å². The highest BCUT2D eigenvalue weighted by atomic mass is 35.5. The maximum Gasteiger partial charge on any atom is 0.451 e. The second-order valence-electron chi connectivity index (χ2n) is 9.37. The van der Waals surface area contributed by atoms with E-state index in [9.17, 15) is 31.9 Å². The molecule has 2 aromatic heterocycles. The van der Waals surface area contributed by atoms with Gasteiger partial charge in [-0.3, -0.25) is 9.69 Å². The molecule has 2 unspecified atom stereocenters. The lowest BCUT2D eigenvalue weighted by Gasteiger charge is -2.37. The highest BCUT2D eigenvalue weighted by Gasteiger charge is 2.38. The van der Waals surface area contributed by atoms with Gasteiger partial charge in [0.25, 0.3) is 11.8 Å². The number of hydrogen-bond donors (Lipinski definition) is 3. The van der Waals surface area contributed by atoms with E-state index in [0.29, 0.717) is 16.7 Å². The summed E-state index contributed by atoms with van der Waals surface area (Å²) in [7, 11) is 0. The third-order valence-corrected chi connectivity index (χ3v) is 6.77. The summed E-state index contributed by atoms with van der Waals surface area (Å²) in [5.41, 5.74) is 0.842. The second-order valence-corrected chi connectivity index (χ2v) is 9.78. The van der Waals surface area contributed by atoms with Crippen LogP contribution in [-0.2, 0) is 6.18 Å². The average Bonchev–Trinajstić information content (AvgIpc) is 2.89. The van der Waals surface area contributed by atoms with Crippen LogP contribution in [-0.4, -0.2) is 69.1 Å². The summed E-state index contributed by atoms with van der Waals surface area (Å²) in [4.78, 5) is 26.2. The molecule has 3 heterocycles. The molecule has 0 spiro atoms. The molecule has 4 rings (SSSR count). The first kappa shape index (κ1) is 28.8. The molecule has 14 heteroatoms. The first-order chi connectivity index (χ1) is 18.4. The molecule has 1 aliphatic heterocycles. The van der Waals surface area contributed by atoms with Crippen LogP contribution < -0.4 is 10.6 Å². The normalized spacial score (nSPS) is 17.5. The van der Waals surface area contributed by atoms with Crippen molar-refractivity contribution in [2.75, 3.05) is 31.6 Å². The van der Waals surface area contributed by atoms with Crippen molar-refractivity contribution in [2.24, 2.45) is 0 Å². The largest absolute Gasteiger partial charge is 0.451 e. The van der Waals surface area contributed by atoms with Crippen LogP contribution in [0.2, 0.25) is 5.02 Å². The molecule has 2 atom stereocenters. The number of pyridine rings is 1. The Bertz CT molecular complexity index is 1310. The fourth-order valence-corrected chi connectivity index (χ4v) is 4.59. The zero-order chi connectivity index (χ0) is 28.4. The van der Waals surface area contributed by atoms with E-state index in [1.165, 1.54) is 6.07 Å². The number of fused-ring (bicyclic) bond motifs is 1. The molecule has 210 valence electrons. The van der Waals surface area contributed by atoms with Crippen molar-refractivity contribution in [3.05, 3.63) is 58.6 Å². The third-order valence-electron chi connectivity index (χ3n) is 6.45. The number of likely N-dealkylation sites (tertiary alicyclic amines) is 1. The van der Waals surface area contributed by atoms with Crippen LogP contribution in [0.15, 0.2) is 36.7 Å². The highest BCUT2D eigenvalue weighted by Crippen LogP contribution is 2.33. The van der Waals surface area contributed by atoms with Gasteiger partial charge in [-0.2, -0.15) is 13.2 Å². The Balaban J connectivity index is 1.58. The Hall–Kier alpha value is -3.16. The van der Waals surface area contributed by atoms with Crippen LogP contribution in [0.3, 0.4) is 0 Å². The van der Waals surface area contributed by atoms with Gasteiger partial charge in [0.05, 0.1) is 28.8 Å². The number of hydrogen-bond acceptors (Lipinski definition) is 7. The number of aliphatic hydroxyl groups excluding tert-OH is 1. The third kappa shape index (κ3) is 6.89. The van der Waals surface area contributed by atoms with E-state index in [4.69, 9.17) is 11.6 Å². The summed E-state index contributed by atoms with van der Waals surface area (Å²) in [6.45, 7) is 1.49. The average molecular weight is 573 g/mol. The lowest BCUT2D eigenvalue weighted by Crippen LogP contribution is -2.45. The molecule has 1 aromatic carbocycles. The standard InChI is InChI=1S/C25H26ClF5N6O2/c1-14(13-38)35-20-5-2-16-18(36-20)4-3-17(26)21(16)22(39)32-12-19(37-8-6-24(27,28)7-9-37)15-10-33-23(34-11-15)25(29,30)31/h2-5,10-11,14,19,38H,6-9,12-13H2,1H3,(H,32,39)(H,35,36). The van der Waals surface area contributed by atoms with Crippen molar-refractivity contribution < 1.29 is 31.9 Å². The van der Waals surface area contributed by atoms with Gasteiger partial charge in [0.15, 0.2) is 0 Å². The molecular formula is C25H26ClF5N6O2. The van der Waals surface area contributed by atoms with Crippen molar-refractivity contribution in [1.29, 1.82) is 0 Å².